The molecular formula is C21H29N3O3. The highest BCUT2D eigenvalue weighted by molar-refractivity contribution is 5.97. The molecule has 0 bridgehead atoms. The molecule has 1 aromatic rings. The van der Waals surface area contributed by atoms with Gasteiger partial charge in [0.05, 0.1) is 0 Å². The molecule has 0 radical (unpaired) electrons. The second kappa shape index (κ2) is 9.02. The molecule has 1 aromatic carbocycles. The van der Waals surface area contributed by atoms with Crippen LogP contribution >= 0.6 is 0 Å². The number of piperazine rings is 1. The lowest BCUT2D eigenvalue weighted by molar-refractivity contribution is -0.144. The van der Waals surface area contributed by atoms with Crippen molar-refractivity contribution in [1.82, 2.24) is 14.7 Å². The van der Waals surface area contributed by atoms with Crippen molar-refractivity contribution in [3.63, 3.8) is 0 Å². The molecule has 27 heavy (non-hydrogen) atoms. The van der Waals surface area contributed by atoms with Gasteiger partial charge in [-0.25, -0.2) is 0 Å². The maximum absolute atomic E-state index is 12.5. The highest BCUT2D eigenvalue weighted by Crippen LogP contribution is 2.22. The van der Waals surface area contributed by atoms with E-state index in [4.69, 9.17) is 0 Å². The van der Waals surface area contributed by atoms with E-state index in [-0.39, 0.29) is 24.1 Å². The number of hydrogen-bond donors (Lipinski definition) is 0. The van der Waals surface area contributed by atoms with Gasteiger partial charge in [0, 0.05) is 46.2 Å². The Balaban J connectivity index is 1.40. The first-order valence-electron chi connectivity index (χ1n) is 9.88. The molecule has 0 atom stereocenters. The Hall–Kier alpha value is -2.37. The van der Waals surface area contributed by atoms with Crippen LogP contribution < -0.4 is 0 Å². The maximum Gasteiger partial charge on any atom is 0.232 e. The number of hydrogen-bond acceptors (Lipinski definition) is 3. The third-order valence-electron chi connectivity index (χ3n) is 5.71. The van der Waals surface area contributed by atoms with Gasteiger partial charge in [-0.1, -0.05) is 30.3 Å². The van der Waals surface area contributed by atoms with Crippen LogP contribution in [0.15, 0.2) is 30.3 Å². The quantitative estimate of drug-likeness (QED) is 0.755. The van der Waals surface area contributed by atoms with E-state index in [2.05, 4.69) is 24.3 Å². The van der Waals surface area contributed by atoms with E-state index in [0.29, 0.717) is 32.1 Å². The third kappa shape index (κ3) is 5.31. The Morgan fingerprint density at radius 3 is 1.89 bits per heavy atom. The van der Waals surface area contributed by atoms with Gasteiger partial charge < -0.3 is 14.7 Å². The van der Waals surface area contributed by atoms with Gasteiger partial charge in [0.15, 0.2) is 0 Å². The Bertz CT molecular complexity index is 661. The van der Waals surface area contributed by atoms with Gasteiger partial charge in [-0.15, -0.1) is 0 Å². The Kier molecular flexibility index (Phi) is 6.48. The first kappa shape index (κ1) is 19.4. The highest BCUT2D eigenvalue weighted by Gasteiger charge is 2.27. The molecule has 6 heteroatoms. The van der Waals surface area contributed by atoms with Crippen LogP contribution in [0.4, 0.5) is 0 Å². The summed E-state index contributed by atoms with van der Waals surface area (Å²) in [4.78, 5) is 41.6. The van der Waals surface area contributed by atoms with Crippen molar-refractivity contribution >= 4 is 17.7 Å². The first-order valence-corrected chi connectivity index (χ1v) is 9.88. The predicted octanol–water partition coefficient (Wildman–Crippen LogP) is 1.55. The van der Waals surface area contributed by atoms with E-state index in [1.165, 1.54) is 5.56 Å². The van der Waals surface area contributed by atoms with Crippen LogP contribution in [-0.2, 0) is 20.8 Å². The van der Waals surface area contributed by atoms with Crippen molar-refractivity contribution in [1.29, 1.82) is 0 Å². The first-order chi connectivity index (χ1) is 13.0. The maximum atomic E-state index is 12.5. The lowest BCUT2D eigenvalue weighted by Crippen LogP contribution is -2.51. The summed E-state index contributed by atoms with van der Waals surface area (Å²) in [6.45, 7) is 5.17. The minimum absolute atomic E-state index is 0.0385. The van der Waals surface area contributed by atoms with Crippen molar-refractivity contribution in [2.75, 3.05) is 39.3 Å². The smallest absolute Gasteiger partial charge is 0.232 e. The van der Waals surface area contributed by atoms with Crippen molar-refractivity contribution in [3.8, 4) is 0 Å². The standard InChI is InChI=1S/C21H29N3O3/c1-17(25)22-11-13-24(14-12-22)21(27)16-20(26)23-9-7-19(8-10-23)15-18-5-3-2-4-6-18/h2-6,19H,7-16H2,1H3. The van der Waals surface area contributed by atoms with Gasteiger partial charge in [0.2, 0.25) is 17.7 Å². The van der Waals surface area contributed by atoms with Gasteiger partial charge in [-0.3, -0.25) is 14.4 Å². The summed E-state index contributed by atoms with van der Waals surface area (Å²) in [6, 6.07) is 10.5. The largest absolute Gasteiger partial charge is 0.342 e. The van der Waals surface area contributed by atoms with Crippen LogP contribution in [0.25, 0.3) is 0 Å². The fraction of sp³-hybridized carbons (Fsp3) is 0.571. The van der Waals surface area contributed by atoms with Gasteiger partial charge in [0.25, 0.3) is 0 Å². The molecule has 2 saturated heterocycles. The molecule has 2 aliphatic heterocycles. The van der Waals surface area contributed by atoms with E-state index in [9.17, 15) is 14.4 Å². The van der Waals surface area contributed by atoms with E-state index in [1.807, 2.05) is 11.0 Å². The molecule has 3 amide bonds. The second-order valence-electron chi connectivity index (χ2n) is 7.58. The minimum atomic E-state index is -0.116. The van der Waals surface area contributed by atoms with E-state index < -0.39 is 0 Å². The number of nitrogens with zero attached hydrogens (tertiary/aromatic N) is 3. The summed E-state index contributed by atoms with van der Waals surface area (Å²) >= 11 is 0. The minimum Gasteiger partial charge on any atom is -0.342 e. The summed E-state index contributed by atoms with van der Waals surface area (Å²) in [5.74, 6) is 0.463. The van der Waals surface area contributed by atoms with Gasteiger partial charge in [0.1, 0.15) is 6.42 Å². The molecule has 146 valence electrons. The molecule has 0 spiro atoms. The fourth-order valence-electron chi connectivity index (χ4n) is 3.96. The molecule has 2 heterocycles. The van der Waals surface area contributed by atoms with Crippen LogP contribution in [0.1, 0.15) is 31.7 Å². The molecule has 3 rings (SSSR count). The second-order valence-corrected chi connectivity index (χ2v) is 7.58. The molecule has 0 aromatic heterocycles. The lowest BCUT2D eigenvalue weighted by atomic mass is 9.90. The molecule has 2 fully saturated rings. The number of rotatable bonds is 4. The van der Waals surface area contributed by atoms with Crippen molar-refractivity contribution < 1.29 is 14.4 Å². The Labute approximate surface area is 161 Å². The van der Waals surface area contributed by atoms with Crippen LogP contribution in [0.5, 0.6) is 0 Å². The molecular weight excluding hydrogens is 342 g/mol. The summed E-state index contributed by atoms with van der Waals surface area (Å²) in [6.07, 6.45) is 2.99. The topological polar surface area (TPSA) is 60.9 Å². The van der Waals surface area contributed by atoms with Crippen LogP contribution in [-0.4, -0.2) is 71.7 Å². The Morgan fingerprint density at radius 2 is 1.33 bits per heavy atom. The number of benzene rings is 1. The van der Waals surface area contributed by atoms with E-state index >= 15 is 0 Å². The zero-order valence-electron chi connectivity index (χ0n) is 16.1. The molecule has 6 nitrogen and oxygen atoms in total. The lowest BCUT2D eigenvalue weighted by Gasteiger charge is -2.35. The number of piperidine rings is 1. The monoisotopic (exact) mass is 371 g/mol. The summed E-state index contributed by atoms with van der Waals surface area (Å²) in [5.41, 5.74) is 1.35. The summed E-state index contributed by atoms with van der Waals surface area (Å²) in [5, 5.41) is 0. The number of carbonyl (C=O) groups excluding carboxylic acids is 3. The van der Waals surface area contributed by atoms with Crippen LogP contribution in [0, 0.1) is 5.92 Å². The van der Waals surface area contributed by atoms with Crippen LogP contribution in [0.2, 0.25) is 0 Å². The normalized spacial score (nSPS) is 18.5. The SMILES string of the molecule is CC(=O)N1CCN(C(=O)CC(=O)N2CCC(Cc3ccccc3)CC2)CC1. The van der Waals surface area contributed by atoms with Gasteiger partial charge >= 0.3 is 0 Å². The average Bonchev–Trinajstić information content (AvgIpc) is 2.69. The van der Waals surface area contributed by atoms with Gasteiger partial charge in [-0.05, 0) is 30.7 Å². The van der Waals surface area contributed by atoms with E-state index in [0.717, 1.165) is 32.4 Å². The zero-order valence-corrected chi connectivity index (χ0v) is 16.1. The van der Waals surface area contributed by atoms with Crippen molar-refractivity contribution in [2.45, 2.75) is 32.6 Å². The average molecular weight is 371 g/mol. The summed E-state index contributed by atoms with van der Waals surface area (Å²) < 4.78 is 0. The van der Waals surface area contributed by atoms with Crippen molar-refractivity contribution in [3.05, 3.63) is 35.9 Å². The molecule has 0 saturated carbocycles. The number of likely N-dealkylation sites (tertiary alicyclic amines) is 1. The highest BCUT2D eigenvalue weighted by atomic mass is 16.2. The van der Waals surface area contributed by atoms with Gasteiger partial charge in [-0.2, -0.15) is 0 Å². The van der Waals surface area contributed by atoms with E-state index in [1.54, 1.807) is 16.7 Å². The summed E-state index contributed by atoms with van der Waals surface area (Å²) in [7, 11) is 0. The molecule has 0 aliphatic carbocycles. The fourth-order valence-corrected chi connectivity index (χ4v) is 3.96. The predicted molar refractivity (Wildman–Crippen MR) is 103 cm³/mol. The molecule has 0 unspecified atom stereocenters. The number of amides is 3. The number of carbonyl (C=O) groups is 3. The third-order valence-corrected chi connectivity index (χ3v) is 5.71. The van der Waals surface area contributed by atoms with Crippen molar-refractivity contribution in [2.24, 2.45) is 5.92 Å². The van der Waals surface area contributed by atoms with Crippen LogP contribution in [0.3, 0.4) is 0 Å². The Morgan fingerprint density at radius 1 is 0.815 bits per heavy atom. The zero-order chi connectivity index (χ0) is 19.2. The molecule has 0 N–H and O–H groups in total. The molecule has 2 aliphatic rings.